The van der Waals surface area contributed by atoms with Gasteiger partial charge in [0.2, 0.25) is 0 Å². The van der Waals surface area contributed by atoms with E-state index >= 15 is 0 Å². The van der Waals surface area contributed by atoms with E-state index in [0.717, 1.165) is 12.6 Å². The molecule has 9 heavy (non-hydrogen) atoms. The maximum Gasteiger partial charge on any atom is 0.0134 e. The van der Waals surface area contributed by atoms with Crippen molar-refractivity contribution < 1.29 is 0 Å². The van der Waals surface area contributed by atoms with E-state index in [2.05, 4.69) is 11.9 Å². The van der Waals surface area contributed by atoms with Crippen LogP contribution in [-0.4, -0.2) is 12.6 Å². The first kappa shape index (κ1) is 6.81. The average Bonchev–Trinajstić information content (AvgIpc) is 2.34. The van der Waals surface area contributed by atoms with Crippen molar-refractivity contribution >= 4 is 0 Å². The first-order valence-corrected chi connectivity index (χ1v) is 3.78. The van der Waals surface area contributed by atoms with Crippen molar-refractivity contribution in [3.63, 3.8) is 0 Å². The SMILES string of the molecule is C=CCNC1CCCC1. The molecule has 0 radical (unpaired) electrons. The second kappa shape index (κ2) is 3.67. The summed E-state index contributed by atoms with van der Waals surface area (Å²) in [7, 11) is 0. The maximum atomic E-state index is 3.66. The molecule has 0 amide bonds. The standard InChI is InChI=1S/C8H15N/c1-2-7-9-8-5-3-4-6-8/h2,8-9H,1,3-7H2. The summed E-state index contributed by atoms with van der Waals surface area (Å²) in [6.07, 6.45) is 7.49. The van der Waals surface area contributed by atoms with E-state index in [0.29, 0.717) is 0 Å². The minimum atomic E-state index is 0.794. The second-order valence-electron chi connectivity index (χ2n) is 2.68. The number of rotatable bonds is 3. The Kier molecular flexibility index (Phi) is 2.78. The summed E-state index contributed by atoms with van der Waals surface area (Å²) >= 11 is 0. The topological polar surface area (TPSA) is 12.0 Å². The van der Waals surface area contributed by atoms with Crippen LogP contribution in [0, 0.1) is 0 Å². The summed E-state index contributed by atoms with van der Waals surface area (Å²) in [6, 6.07) is 0.794. The van der Waals surface area contributed by atoms with Gasteiger partial charge in [-0.3, -0.25) is 0 Å². The molecule has 0 aromatic rings. The molecular weight excluding hydrogens is 110 g/mol. The summed E-state index contributed by atoms with van der Waals surface area (Å²) in [4.78, 5) is 0. The van der Waals surface area contributed by atoms with Gasteiger partial charge in [-0.1, -0.05) is 18.9 Å². The highest BCUT2D eigenvalue weighted by molar-refractivity contribution is 4.78. The normalized spacial score (nSPS) is 20.4. The molecule has 52 valence electrons. The average molecular weight is 125 g/mol. The smallest absolute Gasteiger partial charge is 0.0134 e. The summed E-state index contributed by atoms with van der Waals surface area (Å²) in [6.45, 7) is 4.64. The fourth-order valence-electron chi connectivity index (χ4n) is 1.38. The van der Waals surface area contributed by atoms with Gasteiger partial charge in [0.25, 0.3) is 0 Å². The van der Waals surface area contributed by atoms with Gasteiger partial charge in [-0.05, 0) is 12.8 Å². The molecule has 0 spiro atoms. The molecular formula is C8H15N. The van der Waals surface area contributed by atoms with Crippen LogP contribution in [0.1, 0.15) is 25.7 Å². The molecule has 1 rings (SSSR count). The van der Waals surface area contributed by atoms with Crippen molar-refractivity contribution in [3.8, 4) is 0 Å². The van der Waals surface area contributed by atoms with Crippen LogP contribution in [0.25, 0.3) is 0 Å². The fourth-order valence-corrected chi connectivity index (χ4v) is 1.38. The number of nitrogens with one attached hydrogen (secondary N) is 1. The van der Waals surface area contributed by atoms with Crippen LogP contribution in [0.2, 0.25) is 0 Å². The van der Waals surface area contributed by atoms with E-state index in [1.165, 1.54) is 25.7 Å². The molecule has 0 atom stereocenters. The van der Waals surface area contributed by atoms with Gasteiger partial charge in [0.05, 0.1) is 0 Å². The van der Waals surface area contributed by atoms with Crippen LogP contribution in [-0.2, 0) is 0 Å². The van der Waals surface area contributed by atoms with Crippen molar-refractivity contribution in [2.24, 2.45) is 0 Å². The van der Waals surface area contributed by atoms with Crippen LogP contribution < -0.4 is 5.32 Å². The lowest BCUT2D eigenvalue weighted by molar-refractivity contribution is 0.557. The molecule has 0 bridgehead atoms. The highest BCUT2D eigenvalue weighted by Gasteiger charge is 2.12. The van der Waals surface area contributed by atoms with Gasteiger partial charge in [0.1, 0.15) is 0 Å². The zero-order valence-corrected chi connectivity index (χ0v) is 5.90. The largest absolute Gasteiger partial charge is 0.311 e. The predicted octanol–water partition coefficient (Wildman–Crippen LogP) is 1.70. The monoisotopic (exact) mass is 125 g/mol. The van der Waals surface area contributed by atoms with E-state index in [4.69, 9.17) is 0 Å². The molecule has 0 saturated heterocycles. The van der Waals surface area contributed by atoms with Gasteiger partial charge in [-0.15, -0.1) is 6.58 Å². The van der Waals surface area contributed by atoms with Crippen molar-refractivity contribution in [3.05, 3.63) is 12.7 Å². The van der Waals surface area contributed by atoms with Crippen LogP contribution in [0.3, 0.4) is 0 Å². The van der Waals surface area contributed by atoms with E-state index in [-0.39, 0.29) is 0 Å². The molecule has 1 fully saturated rings. The molecule has 0 aliphatic heterocycles. The summed E-state index contributed by atoms with van der Waals surface area (Å²) in [5.41, 5.74) is 0. The Balaban J connectivity index is 2.04. The highest BCUT2D eigenvalue weighted by Crippen LogP contribution is 2.16. The van der Waals surface area contributed by atoms with Gasteiger partial charge in [0.15, 0.2) is 0 Å². The van der Waals surface area contributed by atoms with E-state index in [1.54, 1.807) is 0 Å². The summed E-state index contributed by atoms with van der Waals surface area (Å²) < 4.78 is 0. The van der Waals surface area contributed by atoms with Gasteiger partial charge in [0, 0.05) is 12.6 Å². The second-order valence-corrected chi connectivity index (χ2v) is 2.68. The molecule has 1 heteroatoms. The van der Waals surface area contributed by atoms with Crippen molar-refractivity contribution in [2.45, 2.75) is 31.7 Å². The lowest BCUT2D eigenvalue weighted by Crippen LogP contribution is -2.25. The Hall–Kier alpha value is -0.300. The minimum Gasteiger partial charge on any atom is -0.311 e. The Morgan fingerprint density at radius 2 is 2.11 bits per heavy atom. The number of hydrogen-bond donors (Lipinski definition) is 1. The lowest BCUT2D eigenvalue weighted by atomic mass is 10.2. The zero-order chi connectivity index (χ0) is 6.53. The lowest BCUT2D eigenvalue weighted by Gasteiger charge is -2.07. The van der Waals surface area contributed by atoms with Crippen LogP contribution in [0.5, 0.6) is 0 Å². The summed E-state index contributed by atoms with van der Waals surface area (Å²) in [5.74, 6) is 0. The van der Waals surface area contributed by atoms with Gasteiger partial charge in [-0.2, -0.15) is 0 Å². The molecule has 0 heterocycles. The van der Waals surface area contributed by atoms with Gasteiger partial charge < -0.3 is 5.32 Å². The van der Waals surface area contributed by atoms with Crippen LogP contribution in [0.4, 0.5) is 0 Å². The zero-order valence-electron chi connectivity index (χ0n) is 5.90. The van der Waals surface area contributed by atoms with Gasteiger partial charge in [-0.25, -0.2) is 0 Å². The van der Waals surface area contributed by atoms with E-state index < -0.39 is 0 Å². The number of hydrogen-bond acceptors (Lipinski definition) is 1. The van der Waals surface area contributed by atoms with Crippen molar-refractivity contribution in [1.82, 2.24) is 5.32 Å². The summed E-state index contributed by atoms with van der Waals surface area (Å²) in [5, 5.41) is 3.41. The maximum absolute atomic E-state index is 3.66. The third kappa shape index (κ3) is 2.19. The molecule has 1 aliphatic rings. The Bertz CT molecular complexity index is 82.6. The fraction of sp³-hybridized carbons (Fsp3) is 0.750. The van der Waals surface area contributed by atoms with E-state index in [9.17, 15) is 0 Å². The predicted molar refractivity (Wildman–Crippen MR) is 40.5 cm³/mol. The van der Waals surface area contributed by atoms with E-state index in [1.807, 2.05) is 6.08 Å². The minimum absolute atomic E-state index is 0.794. The Morgan fingerprint density at radius 3 is 2.67 bits per heavy atom. The highest BCUT2D eigenvalue weighted by atomic mass is 14.9. The first-order chi connectivity index (χ1) is 4.43. The molecule has 0 unspecified atom stereocenters. The Morgan fingerprint density at radius 1 is 1.44 bits per heavy atom. The van der Waals surface area contributed by atoms with Crippen LogP contribution >= 0.6 is 0 Å². The first-order valence-electron chi connectivity index (χ1n) is 3.78. The molecule has 1 saturated carbocycles. The molecule has 0 aromatic carbocycles. The van der Waals surface area contributed by atoms with Crippen molar-refractivity contribution in [2.75, 3.05) is 6.54 Å². The molecule has 1 N–H and O–H groups in total. The molecule has 1 aliphatic carbocycles. The third-order valence-electron chi connectivity index (χ3n) is 1.91. The van der Waals surface area contributed by atoms with Crippen LogP contribution in [0.15, 0.2) is 12.7 Å². The quantitative estimate of drug-likeness (QED) is 0.566. The van der Waals surface area contributed by atoms with Gasteiger partial charge >= 0.3 is 0 Å². The molecule has 1 nitrogen and oxygen atoms in total. The third-order valence-corrected chi connectivity index (χ3v) is 1.91. The Labute approximate surface area is 57.1 Å². The van der Waals surface area contributed by atoms with Crippen molar-refractivity contribution in [1.29, 1.82) is 0 Å². The molecule has 0 aromatic heterocycles.